The zero-order valence-electron chi connectivity index (χ0n) is 17.1. The topological polar surface area (TPSA) is 85.1 Å². The molecule has 156 valence electrons. The molecule has 1 aliphatic heterocycles. The highest BCUT2D eigenvalue weighted by Gasteiger charge is 2.23. The summed E-state index contributed by atoms with van der Waals surface area (Å²) < 4.78 is 7.05. The number of ketones is 1. The molecule has 1 saturated heterocycles. The molecule has 0 aliphatic carbocycles. The zero-order valence-corrected chi connectivity index (χ0v) is 17.1. The minimum Gasteiger partial charge on any atom is -0.378 e. The summed E-state index contributed by atoms with van der Waals surface area (Å²) in [6.45, 7) is 3.72. The highest BCUT2D eigenvalue weighted by Crippen LogP contribution is 2.22. The molecular weight excluding hydrogens is 372 g/mol. The van der Waals surface area contributed by atoms with Crippen LogP contribution in [0.3, 0.4) is 0 Å². The molecule has 0 bridgehead atoms. The van der Waals surface area contributed by atoms with Gasteiger partial charge in [-0.15, -0.1) is 0 Å². The number of ether oxygens (including phenoxy) is 1. The van der Waals surface area contributed by atoms with Gasteiger partial charge in [-0.25, -0.2) is 0 Å². The molecule has 1 fully saturated rings. The Hall–Kier alpha value is -2.71. The van der Waals surface area contributed by atoms with Crippen molar-refractivity contribution in [2.24, 2.45) is 0 Å². The third-order valence-corrected chi connectivity index (χ3v) is 5.05. The van der Waals surface area contributed by atoms with Crippen LogP contribution in [0, 0.1) is 0 Å². The van der Waals surface area contributed by atoms with Gasteiger partial charge in [-0.3, -0.25) is 14.4 Å². The van der Waals surface area contributed by atoms with E-state index in [-0.39, 0.29) is 12.5 Å². The number of carbonyl (C=O) groups excluding carboxylic acids is 3. The molecule has 1 aromatic carbocycles. The van der Waals surface area contributed by atoms with Crippen LogP contribution in [0.4, 0.5) is 0 Å². The van der Waals surface area contributed by atoms with Crippen molar-refractivity contribution < 1.29 is 24.0 Å². The van der Waals surface area contributed by atoms with Gasteiger partial charge in [-0.05, 0) is 6.07 Å². The number of amides is 2. The monoisotopic (exact) mass is 401 g/mol. The van der Waals surface area contributed by atoms with E-state index in [0.29, 0.717) is 43.8 Å². The number of quaternary nitrogens is 1. The van der Waals surface area contributed by atoms with Gasteiger partial charge in [0.1, 0.15) is 6.54 Å². The predicted molar refractivity (Wildman–Crippen MR) is 109 cm³/mol. The summed E-state index contributed by atoms with van der Waals surface area (Å²) >= 11 is 0. The maximum absolute atomic E-state index is 12.7. The number of benzene rings is 1. The van der Waals surface area contributed by atoms with Gasteiger partial charge < -0.3 is 24.4 Å². The summed E-state index contributed by atoms with van der Waals surface area (Å²) in [4.78, 5) is 40.8. The van der Waals surface area contributed by atoms with E-state index in [2.05, 4.69) is 5.32 Å². The van der Waals surface area contributed by atoms with Crippen LogP contribution in [0.15, 0.2) is 30.5 Å². The molecule has 0 saturated carbocycles. The van der Waals surface area contributed by atoms with Gasteiger partial charge in [0.25, 0.3) is 11.7 Å². The third-order valence-electron chi connectivity index (χ3n) is 5.05. The summed E-state index contributed by atoms with van der Waals surface area (Å²) in [6, 6.07) is 7.35. The molecule has 2 N–H and O–H groups in total. The van der Waals surface area contributed by atoms with Gasteiger partial charge in [0.2, 0.25) is 5.91 Å². The highest BCUT2D eigenvalue weighted by atomic mass is 16.5. The second-order valence-corrected chi connectivity index (χ2v) is 7.58. The Bertz CT molecular complexity index is 884. The van der Waals surface area contributed by atoms with Gasteiger partial charge >= 0.3 is 0 Å². The number of hydrogen-bond donors (Lipinski definition) is 2. The van der Waals surface area contributed by atoms with E-state index in [0.717, 1.165) is 18.5 Å². The zero-order chi connectivity index (χ0) is 20.8. The standard InChI is InChI=1S/C21H28N4O4/c1-23(2)9-5-8-22-21(28)20(27)17-14-25(18-7-4-3-6-16(17)18)15-19(26)24-10-12-29-13-11-24/h3-4,6-7,14H,5,8-13,15H2,1-2H3,(H,22,28)/p+1. The van der Waals surface area contributed by atoms with Crippen LogP contribution in [-0.4, -0.2) is 80.6 Å². The third kappa shape index (κ3) is 5.21. The Kier molecular flexibility index (Phi) is 7.00. The van der Waals surface area contributed by atoms with Crippen molar-refractivity contribution in [3.63, 3.8) is 0 Å². The van der Waals surface area contributed by atoms with Crippen LogP contribution < -0.4 is 10.2 Å². The molecule has 1 aromatic heterocycles. The minimum absolute atomic E-state index is 0.0244. The van der Waals surface area contributed by atoms with E-state index >= 15 is 0 Å². The second-order valence-electron chi connectivity index (χ2n) is 7.58. The number of para-hydroxylation sites is 1. The molecular formula is C21H29N4O4+. The first-order valence-electron chi connectivity index (χ1n) is 10.0. The lowest BCUT2D eigenvalue weighted by atomic mass is 10.1. The lowest BCUT2D eigenvalue weighted by Crippen LogP contribution is -3.05. The maximum Gasteiger partial charge on any atom is 0.292 e. The largest absolute Gasteiger partial charge is 0.378 e. The lowest BCUT2D eigenvalue weighted by molar-refractivity contribution is -0.858. The summed E-state index contributed by atoms with van der Waals surface area (Å²) in [5.41, 5.74) is 1.09. The average molecular weight is 401 g/mol. The van der Waals surface area contributed by atoms with Gasteiger partial charge in [0.15, 0.2) is 0 Å². The fourth-order valence-electron chi connectivity index (χ4n) is 3.46. The van der Waals surface area contributed by atoms with Crippen molar-refractivity contribution in [3.8, 4) is 0 Å². The molecule has 0 radical (unpaired) electrons. The quantitative estimate of drug-likeness (QED) is 0.349. The number of fused-ring (bicyclic) bond motifs is 1. The smallest absolute Gasteiger partial charge is 0.292 e. The summed E-state index contributed by atoms with van der Waals surface area (Å²) in [5.74, 6) is -1.21. The van der Waals surface area contributed by atoms with Gasteiger partial charge in [0.05, 0.1) is 39.4 Å². The first-order valence-corrected chi connectivity index (χ1v) is 10.0. The molecule has 3 rings (SSSR count). The minimum atomic E-state index is -0.610. The number of hydrogen-bond acceptors (Lipinski definition) is 4. The number of rotatable bonds is 8. The Morgan fingerprint density at radius 1 is 1.14 bits per heavy atom. The van der Waals surface area contributed by atoms with E-state index in [1.165, 1.54) is 4.90 Å². The second kappa shape index (κ2) is 9.67. The molecule has 29 heavy (non-hydrogen) atoms. The van der Waals surface area contributed by atoms with Crippen molar-refractivity contribution in [2.75, 3.05) is 53.5 Å². The molecule has 0 unspecified atom stereocenters. The number of nitrogens with zero attached hydrogens (tertiary/aromatic N) is 2. The first kappa shape index (κ1) is 21.0. The Morgan fingerprint density at radius 3 is 2.59 bits per heavy atom. The molecule has 1 aliphatic rings. The van der Waals surface area contributed by atoms with Crippen LogP contribution in [0.25, 0.3) is 10.9 Å². The number of Topliss-reactive ketones (excluding diaryl/α,β-unsaturated/α-hetero) is 1. The van der Waals surface area contributed by atoms with Crippen molar-refractivity contribution in [1.29, 1.82) is 0 Å². The number of morpholine rings is 1. The molecule has 8 heteroatoms. The summed E-state index contributed by atoms with van der Waals surface area (Å²) in [5, 5.41) is 3.38. The number of nitrogens with one attached hydrogen (secondary N) is 2. The highest BCUT2D eigenvalue weighted by molar-refractivity contribution is 6.45. The average Bonchev–Trinajstić information content (AvgIpc) is 3.09. The van der Waals surface area contributed by atoms with Crippen molar-refractivity contribution in [1.82, 2.24) is 14.8 Å². The van der Waals surface area contributed by atoms with Crippen LogP contribution in [0.2, 0.25) is 0 Å². The van der Waals surface area contributed by atoms with E-state index in [1.54, 1.807) is 21.7 Å². The van der Waals surface area contributed by atoms with E-state index in [1.807, 2.05) is 32.3 Å². The fourth-order valence-corrected chi connectivity index (χ4v) is 3.46. The molecule has 0 spiro atoms. The molecule has 0 atom stereocenters. The van der Waals surface area contributed by atoms with E-state index in [4.69, 9.17) is 4.74 Å². The van der Waals surface area contributed by atoms with Gasteiger partial charge in [-0.1, -0.05) is 18.2 Å². The fraction of sp³-hybridized carbons (Fsp3) is 0.476. The maximum atomic E-state index is 12.7. The first-order chi connectivity index (χ1) is 14.0. The summed E-state index contributed by atoms with van der Waals surface area (Å²) in [6.07, 6.45) is 2.42. The van der Waals surface area contributed by atoms with Gasteiger partial charge in [0, 0.05) is 43.2 Å². The Balaban J connectivity index is 1.74. The van der Waals surface area contributed by atoms with Crippen LogP contribution in [0.5, 0.6) is 0 Å². The Labute approximate surface area is 170 Å². The molecule has 2 heterocycles. The Morgan fingerprint density at radius 2 is 1.86 bits per heavy atom. The number of carbonyl (C=O) groups is 3. The molecule has 2 aromatic rings. The normalized spacial score (nSPS) is 14.4. The lowest BCUT2D eigenvalue weighted by Gasteiger charge is -2.27. The van der Waals surface area contributed by atoms with Crippen LogP contribution in [-0.2, 0) is 20.9 Å². The van der Waals surface area contributed by atoms with E-state index < -0.39 is 11.7 Å². The summed E-state index contributed by atoms with van der Waals surface area (Å²) in [7, 11) is 4.08. The number of aromatic nitrogens is 1. The predicted octanol–water partition coefficient (Wildman–Crippen LogP) is -0.666. The van der Waals surface area contributed by atoms with Crippen molar-refractivity contribution in [3.05, 3.63) is 36.0 Å². The van der Waals surface area contributed by atoms with E-state index in [9.17, 15) is 14.4 Å². The SMILES string of the molecule is C[NH+](C)CCCNC(=O)C(=O)c1cn(CC(=O)N2CCOCC2)c2ccccc12. The van der Waals surface area contributed by atoms with Crippen LogP contribution in [0.1, 0.15) is 16.8 Å². The molecule has 2 amide bonds. The molecule has 8 nitrogen and oxygen atoms in total. The van der Waals surface area contributed by atoms with Crippen molar-refractivity contribution >= 4 is 28.5 Å². The van der Waals surface area contributed by atoms with Crippen molar-refractivity contribution in [2.45, 2.75) is 13.0 Å². The van der Waals surface area contributed by atoms with Gasteiger partial charge in [-0.2, -0.15) is 0 Å². The van der Waals surface area contributed by atoms with Crippen LogP contribution >= 0.6 is 0 Å².